The largest absolute Gasteiger partial charge is 0.352 e. The Bertz CT molecular complexity index is 2360. The molecule has 0 aliphatic rings. The van der Waals surface area contributed by atoms with E-state index in [0.717, 1.165) is 36.2 Å². The first-order chi connectivity index (χ1) is 25.8. The Labute approximate surface area is 319 Å². The lowest BCUT2D eigenvalue weighted by molar-refractivity contribution is -0.121. The van der Waals surface area contributed by atoms with Gasteiger partial charge in [-0.25, -0.2) is 32.4 Å². The molecule has 290 valence electrons. The molecule has 1 amide bonds. The van der Waals surface area contributed by atoms with Crippen molar-refractivity contribution in [3.05, 3.63) is 91.7 Å². The van der Waals surface area contributed by atoms with Crippen molar-refractivity contribution in [3.63, 3.8) is 0 Å². The summed E-state index contributed by atoms with van der Waals surface area (Å²) in [4.78, 5) is 55.0. The van der Waals surface area contributed by atoms with Crippen LogP contribution in [0.1, 0.15) is 93.7 Å². The normalized spacial score (nSPS) is 13.1. The van der Waals surface area contributed by atoms with Gasteiger partial charge in [0.05, 0.1) is 17.5 Å². The highest BCUT2D eigenvalue weighted by Gasteiger charge is 2.27. The Morgan fingerprint density at radius 1 is 1.04 bits per heavy atom. The van der Waals surface area contributed by atoms with Crippen molar-refractivity contribution in [2.75, 3.05) is 0 Å². The van der Waals surface area contributed by atoms with Gasteiger partial charge in [-0.05, 0) is 77.0 Å². The highest BCUT2D eigenvalue weighted by molar-refractivity contribution is 7.98. The lowest BCUT2D eigenvalue weighted by atomic mass is 10.1. The van der Waals surface area contributed by atoms with Crippen LogP contribution < -0.4 is 21.3 Å². The number of thioether (sulfide) groups is 1. The summed E-state index contributed by atoms with van der Waals surface area (Å²) in [5.41, 5.74) is 4.09. The SMILES string of the molecule is C=CCCCC(=O)NC(C)[C@H](C)S(=O)(=O)NCc1ccc(Cn2c(=O)[nH]c(=O)c3c2nc(CSc2nc4nc(C)c(CCCC)c(C)n4n2)n3CC)cc1. The van der Waals surface area contributed by atoms with E-state index in [9.17, 15) is 22.8 Å². The number of carbonyl (C=O) groups excluding carboxylic acids is 1. The standard InChI is InChI=1S/C37H50N10O5S2/c1-8-11-13-15-31(48)39-23(4)26(7)54(51,52)38-20-27-16-18-28(19-17-27)21-46-33-32(34(49)42-37(46)50)45(10-3)30(41-33)22-53-36-43-35-40-24(5)29(14-12-9-2)25(6)47(35)44-36/h8,16-19,23,26,38H,1,9-15,20-22H2,2-7H3,(H,39,48)(H,42,49,50)/t23?,26-/m0/s1. The van der Waals surface area contributed by atoms with Crippen molar-refractivity contribution in [3.8, 4) is 0 Å². The highest BCUT2D eigenvalue weighted by Crippen LogP contribution is 2.24. The fourth-order valence-electron chi connectivity index (χ4n) is 6.29. The molecule has 4 heterocycles. The zero-order valence-electron chi connectivity index (χ0n) is 31.8. The number of H-pyrrole nitrogens is 1. The first kappa shape index (κ1) is 40.6. The van der Waals surface area contributed by atoms with E-state index < -0.39 is 32.6 Å². The van der Waals surface area contributed by atoms with Crippen molar-refractivity contribution < 1.29 is 13.2 Å². The molecule has 1 aromatic carbocycles. The summed E-state index contributed by atoms with van der Waals surface area (Å²) in [6.07, 6.45) is 6.50. The number of nitrogens with one attached hydrogen (secondary N) is 3. The molecule has 2 atom stereocenters. The molecule has 3 N–H and O–H groups in total. The van der Waals surface area contributed by atoms with Crippen molar-refractivity contribution in [2.24, 2.45) is 0 Å². The number of nitrogens with zero attached hydrogens (tertiary/aromatic N) is 7. The predicted octanol–water partition coefficient (Wildman–Crippen LogP) is 4.31. The van der Waals surface area contributed by atoms with Gasteiger partial charge in [-0.2, -0.15) is 4.98 Å². The molecule has 0 saturated carbocycles. The second kappa shape index (κ2) is 17.7. The van der Waals surface area contributed by atoms with Crippen LogP contribution in [0, 0.1) is 13.8 Å². The number of allylic oxidation sites excluding steroid dienone is 1. The summed E-state index contributed by atoms with van der Waals surface area (Å²) in [6.45, 7) is 15.6. The van der Waals surface area contributed by atoms with E-state index in [1.165, 1.54) is 21.9 Å². The van der Waals surface area contributed by atoms with Crippen LogP contribution in [0.15, 0.2) is 51.7 Å². The van der Waals surface area contributed by atoms with E-state index >= 15 is 0 Å². The molecule has 1 unspecified atom stereocenters. The second-order valence-corrected chi connectivity index (χ2v) is 16.5. The molecule has 4 aromatic heterocycles. The smallest absolute Gasteiger partial charge is 0.330 e. The Morgan fingerprint density at radius 2 is 1.76 bits per heavy atom. The number of imidazole rings is 1. The topological polar surface area (TPSA) is 191 Å². The molecular weight excluding hydrogens is 729 g/mol. The maximum Gasteiger partial charge on any atom is 0.330 e. The number of hydrogen-bond donors (Lipinski definition) is 3. The number of hydrogen-bond acceptors (Lipinski definition) is 10. The number of sulfonamides is 1. The third-order valence-electron chi connectivity index (χ3n) is 9.66. The van der Waals surface area contributed by atoms with Crippen molar-refractivity contribution >= 4 is 44.6 Å². The molecule has 0 aliphatic heterocycles. The van der Waals surface area contributed by atoms with Gasteiger partial charge in [-0.1, -0.05) is 55.4 Å². The van der Waals surface area contributed by atoms with Crippen LogP contribution in [0.4, 0.5) is 0 Å². The van der Waals surface area contributed by atoms with Crippen LogP contribution in [0.25, 0.3) is 16.9 Å². The van der Waals surface area contributed by atoms with Crippen LogP contribution in [-0.2, 0) is 46.6 Å². The molecule has 0 radical (unpaired) electrons. The third-order valence-corrected chi connectivity index (χ3v) is 12.4. The van der Waals surface area contributed by atoms with E-state index in [1.807, 2.05) is 20.8 Å². The molecule has 0 fully saturated rings. The molecule has 15 nitrogen and oxygen atoms in total. The van der Waals surface area contributed by atoms with E-state index in [-0.39, 0.29) is 24.6 Å². The van der Waals surface area contributed by atoms with Crippen LogP contribution in [-0.4, -0.2) is 64.3 Å². The van der Waals surface area contributed by atoms with E-state index in [2.05, 4.69) is 33.5 Å². The molecule has 0 aliphatic carbocycles. The number of aromatic nitrogens is 8. The van der Waals surface area contributed by atoms with Gasteiger partial charge in [0, 0.05) is 36.9 Å². The zero-order valence-corrected chi connectivity index (χ0v) is 33.4. The fraction of sp³-hybridized carbons (Fsp3) is 0.486. The average molecular weight is 779 g/mol. The number of aryl methyl sites for hydroxylation is 3. The first-order valence-corrected chi connectivity index (χ1v) is 20.8. The van der Waals surface area contributed by atoms with Crippen LogP contribution in [0.5, 0.6) is 0 Å². The molecule has 17 heteroatoms. The molecule has 54 heavy (non-hydrogen) atoms. The number of unbranched alkanes of at least 4 members (excludes halogenated alkanes) is 2. The van der Waals surface area contributed by atoms with Gasteiger partial charge in [0.15, 0.2) is 11.2 Å². The van der Waals surface area contributed by atoms with Crippen LogP contribution >= 0.6 is 11.8 Å². The van der Waals surface area contributed by atoms with Gasteiger partial charge >= 0.3 is 5.69 Å². The fourth-order valence-corrected chi connectivity index (χ4v) is 8.29. The highest BCUT2D eigenvalue weighted by atomic mass is 32.2. The Hall–Kier alpha value is -4.61. The number of carbonyl (C=O) groups is 1. The lowest BCUT2D eigenvalue weighted by Crippen LogP contribution is -2.47. The summed E-state index contributed by atoms with van der Waals surface area (Å²) < 4.78 is 33.7. The minimum absolute atomic E-state index is 0.0498. The zero-order chi connectivity index (χ0) is 39.2. The third kappa shape index (κ3) is 9.18. The maximum atomic E-state index is 13.1. The maximum absolute atomic E-state index is 13.1. The predicted molar refractivity (Wildman–Crippen MR) is 211 cm³/mol. The van der Waals surface area contributed by atoms with Gasteiger partial charge in [-0.3, -0.25) is 19.1 Å². The monoisotopic (exact) mass is 778 g/mol. The molecule has 5 rings (SSSR count). The number of aromatic amines is 1. The molecular formula is C37H50N10O5S2. The van der Waals surface area contributed by atoms with Crippen molar-refractivity contribution in [1.29, 1.82) is 0 Å². The van der Waals surface area contributed by atoms with Gasteiger partial charge in [0.1, 0.15) is 5.82 Å². The molecule has 0 bridgehead atoms. The lowest BCUT2D eigenvalue weighted by Gasteiger charge is -2.22. The Balaban J connectivity index is 1.29. The first-order valence-electron chi connectivity index (χ1n) is 18.3. The second-order valence-electron chi connectivity index (χ2n) is 13.5. The Morgan fingerprint density at radius 3 is 2.44 bits per heavy atom. The minimum Gasteiger partial charge on any atom is -0.352 e. The summed E-state index contributed by atoms with van der Waals surface area (Å²) in [6, 6.07) is 6.58. The van der Waals surface area contributed by atoms with Gasteiger partial charge in [0.2, 0.25) is 21.1 Å². The summed E-state index contributed by atoms with van der Waals surface area (Å²) in [5, 5.41) is 7.16. The number of fused-ring (bicyclic) bond motifs is 2. The van der Waals surface area contributed by atoms with Gasteiger partial charge in [-0.15, -0.1) is 11.7 Å². The number of amides is 1. The Kier molecular flexibility index (Phi) is 13.3. The quantitative estimate of drug-likeness (QED) is 0.0619. The molecule has 5 aromatic rings. The van der Waals surface area contributed by atoms with Gasteiger partial charge in [0.25, 0.3) is 11.3 Å². The van der Waals surface area contributed by atoms with E-state index in [0.29, 0.717) is 59.4 Å². The van der Waals surface area contributed by atoms with Crippen LogP contribution in [0.2, 0.25) is 0 Å². The van der Waals surface area contributed by atoms with Gasteiger partial charge < -0.3 is 9.88 Å². The molecule has 0 spiro atoms. The number of benzene rings is 1. The summed E-state index contributed by atoms with van der Waals surface area (Å²) in [7, 11) is -3.75. The number of rotatable bonds is 19. The summed E-state index contributed by atoms with van der Waals surface area (Å²) >= 11 is 1.38. The average Bonchev–Trinajstić information content (AvgIpc) is 3.73. The minimum atomic E-state index is -3.75. The van der Waals surface area contributed by atoms with Crippen molar-refractivity contribution in [2.45, 2.75) is 122 Å². The molecule has 0 saturated heterocycles. The van der Waals surface area contributed by atoms with E-state index in [1.54, 1.807) is 53.3 Å². The van der Waals surface area contributed by atoms with Crippen molar-refractivity contribution in [1.82, 2.24) is 48.7 Å². The van der Waals surface area contributed by atoms with Crippen LogP contribution in [0.3, 0.4) is 0 Å². The van der Waals surface area contributed by atoms with E-state index in [4.69, 9.17) is 15.1 Å². The summed E-state index contributed by atoms with van der Waals surface area (Å²) in [5.74, 6) is 1.30.